The summed E-state index contributed by atoms with van der Waals surface area (Å²) in [6, 6.07) is 18.3. The quantitative estimate of drug-likeness (QED) is 0.713. The predicted molar refractivity (Wildman–Crippen MR) is 111 cm³/mol. The average molecular weight is 367 g/mol. The zero-order chi connectivity index (χ0) is 18.2. The number of rotatable bonds is 6. The van der Waals surface area contributed by atoms with Gasteiger partial charge >= 0.3 is 0 Å². The summed E-state index contributed by atoms with van der Waals surface area (Å²) in [6.07, 6.45) is 4.37. The van der Waals surface area contributed by atoms with Crippen molar-refractivity contribution in [1.82, 2.24) is 9.80 Å². The lowest BCUT2D eigenvalue weighted by molar-refractivity contribution is 0.0647. The van der Waals surface area contributed by atoms with Gasteiger partial charge in [0.05, 0.1) is 5.56 Å². The fourth-order valence-corrected chi connectivity index (χ4v) is 3.93. The summed E-state index contributed by atoms with van der Waals surface area (Å²) in [5, 5.41) is 0. The summed E-state index contributed by atoms with van der Waals surface area (Å²) >= 11 is 1.74. The van der Waals surface area contributed by atoms with Crippen LogP contribution >= 0.6 is 11.8 Å². The molecule has 1 amide bonds. The highest BCUT2D eigenvalue weighted by molar-refractivity contribution is 7.99. The van der Waals surface area contributed by atoms with E-state index < -0.39 is 0 Å². The molecule has 2 aromatic rings. The number of carbonyl (C=O) groups is 1. The zero-order valence-electron chi connectivity index (χ0n) is 15.3. The smallest absolute Gasteiger partial charge is 0.255 e. The van der Waals surface area contributed by atoms with E-state index in [0.29, 0.717) is 0 Å². The van der Waals surface area contributed by atoms with Gasteiger partial charge in [-0.1, -0.05) is 61.5 Å². The van der Waals surface area contributed by atoms with Crippen molar-refractivity contribution in [2.75, 3.05) is 38.5 Å². The molecular formula is C22H26N2OS. The zero-order valence-corrected chi connectivity index (χ0v) is 16.1. The van der Waals surface area contributed by atoms with Gasteiger partial charge in [-0.25, -0.2) is 0 Å². The predicted octanol–water partition coefficient (Wildman–Crippen LogP) is 4.27. The molecule has 1 aliphatic heterocycles. The fourth-order valence-electron chi connectivity index (χ4n) is 3.13. The van der Waals surface area contributed by atoms with Crippen LogP contribution in [0.1, 0.15) is 22.8 Å². The van der Waals surface area contributed by atoms with Crippen molar-refractivity contribution < 1.29 is 4.79 Å². The van der Waals surface area contributed by atoms with Gasteiger partial charge < -0.3 is 4.90 Å². The van der Waals surface area contributed by atoms with E-state index in [1.807, 2.05) is 35.2 Å². The average Bonchev–Trinajstić information content (AvgIpc) is 2.70. The minimum absolute atomic E-state index is 0.168. The molecule has 0 atom stereocenters. The Morgan fingerprint density at radius 3 is 2.42 bits per heavy atom. The van der Waals surface area contributed by atoms with Crippen molar-refractivity contribution in [3.8, 4) is 0 Å². The highest BCUT2D eigenvalue weighted by Gasteiger charge is 2.23. The number of hydrogen-bond acceptors (Lipinski definition) is 3. The van der Waals surface area contributed by atoms with Crippen LogP contribution < -0.4 is 0 Å². The van der Waals surface area contributed by atoms with Crippen LogP contribution in [0, 0.1) is 0 Å². The second-order valence-electron chi connectivity index (χ2n) is 6.34. The summed E-state index contributed by atoms with van der Waals surface area (Å²) in [5.74, 6) is 1.15. The maximum absolute atomic E-state index is 12.9. The number of carbonyl (C=O) groups excluding carboxylic acids is 1. The molecule has 26 heavy (non-hydrogen) atoms. The molecule has 0 saturated carbocycles. The maximum atomic E-state index is 12.9. The standard InChI is InChI=1S/C22H26N2OS/c1-2-26-21-13-7-6-12-20(21)22(25)24-17-15-23(16-18-24)14-8-11-19-9-4-3-5-10-19/h3-13H,2,14-18H2,1H3/b11-8+. The molecule has 1 saturated heterocycles. The van der Waals surface area contributed by atoms with Gasteiger partial charge in [-0.15, -0.1) is 11.8 Å². The second kappa shape index (κ2) is 9.60. The molecule has 4 heteroatoms. The molecule has 0 aromatic heterocycles. The molecule has 0 bridgehead atoms. The summed E-state index contributed by atoms with van der Waals surface area (Å²) < 4.78 is 0. The van der Waals surface area contributed by atoms with Crippen LogP contribution in [0.15, 0.2) is 65.6 Å². The number of benzene rings is 2. The van der Waals surface area contributed by atoms with Crippen molar-refractivity contribution in [3.05, 3.63) is 71.8 Å². The third kappa shape index (κ3) is 4.99. The van der Waals surface area contributed by atoms with Crippen molar-refractivity contribution in [1.29, 1.82) is 0 Å². The number of piperazine rings is 1. The Balaban J connectivity index is 1.52. The highest BCUT2D eigenvalue weighted by Crippen LogP contribution is 2.24. The maximum Gasteiger partial charge on any atom is 0.255 e. The Hall–Kier alpha value is -2.04. The summed E-state index contributed by atoms with van der Waals surface area (Å²) in [7, 11) is 0. The van der Waals surface area contributed by atoms with Gasteiger partial charge in [0.1, 0.15) is 0 Å². The lowest BCUT2D eigenvalue weighted by atomic mass is 10.1. The summed E-state index contributed by atoms with van der Waals surface area (Å²) in [6.45, 7) is 6.49. The minimum atomic E-state index is 0.168. The largest absolute Gasteiger partial charge is 0.336 e. The molecule has 3 rings (SSSR count). The van der Waals surface area contributed by atoms with E-state index >= 15 is 0 Å². The summed E-state index contributed by atoms with van der Waals surface area (Å²) in [4.78, 5) is 18.4. The van der Waals surface area contributed by atoms with E-state index in [0.717, 1.165) is 48.9 Å². The Labute approximate surface area is 160 Å². The third-order valence-electron chi connectivity index (χ3n) is 4.55. The molecule has 2 aromatic carbocycles. The molecule has 0 radical (unpaired) electrons. The van der Waals surface area contributed by atoms with Gasteiger partial charge in [0, 0.05) is 37.6 Å². The first kappa shape index (κ1) is 18.7. The van der Waals surface area contributed by atoms with Crippen LogP contribution in [0.5, 0.6) is 0 Å². The van der Waals surface area contributed by atoms with Crippen LogP contribution in [-0.4, -0.2) is 54.2 Å². The third-order valence-corrected chi connectivity index (χ3v) is 5.51. The molecule has 0 spiro atoms. The van der Waals surface area contributed by atoms with Crippen LogP contribution in [0.25, 0.3) is 6.08 Å². The van der Waals surface area contributed by atoms with Gasteiger partial charge in [-0.3, -0.25) is 9.69 Å². The minimum Gasteiger partial charge on any atom is -0.336 e. The van der Waals surface area contributed by atoms with Crippen molar-refractivity contribution in [2.45, 2.75) is 11.8 Å². The lowest BCUT2D eigenvalue weighted by Crippen LogP contribution is -2.48. The number of amides is 1. The molecule has 0 unspecified atom stereocenters. The summed E-state index contributed by atoms with van der Waals surface area (Å²) in [5.41, 5.74) is 2.07. The number of hydrogen-bond donors (Lipinski definition) is 0. The van der Waals surface area contributed by atoms with Crippen molar-refractivity contribution in [2.24, 2.45) is 0 Å². The Bertz CT molecular complexity index is 737. The molecule has 1 fully saturated rings. The second-order valence-corrected chi connectivity index (χ2v) is 7.64. The van der Waals surface area contributed by atoms with Crippen LogP contribution in [0.3, 0.4) is 0 Å². The van der Waals surface area contributed by atoms with Gasteiger partial charge in [0.25, 0.3) is 5.91 Å². The normalized spacial score (nSPS) is 15.5. The molecule has 136 valence electrons. The molecule has 0 aliphatic carbocycles. The van der Waals surface area contributed by atoms with Crippen LogP contribution in [0.4, 0.5) is 0 Å². The Morgan fingerprint density at radius 2 is 1.69 bits per heavy atom. The van der Waals surface area contributed by atoms with E-state index in [4.69, 9.17) is 0 Å². The SMILES string of the molecule is CCSc1ccccc1C(=O)N1CCN(C/C=C/c2ccccc2)CC1. The van der Waals surface area contributed by atoms with Crippen molar-refractivity contribution >= 4 is 23.7 Å². The van der Waals surface area contributed by atoms with Gasteiger partial charge in [-0.2, -0.15) is 0 Å². The first-order valence-electron chi connectivity index (χ1n) is 9.23. The molecule has 1 aliphatic rings. The number of nitrogens with zero attached hydrogens (tertiary/aromatic N) is 2. The molecule has 3 nitrogen and oxygen atoms in total. The van der Waals surface area contributed by atoms with Gasteiger partial charge in [0.2, 0.25) is 0 Å². The first-order valence-corrected chi connectivity index (χ1v) is 10.2. The molecular weight excluding hydrogens is 340 g/mol. The Kier molecular flexibility index (Phi) is 6.92. The monoisotopic (exact) mass is 366 g/mol. The van der Waals surface area contributed by atoms with Crippen LogP contribution in [-0.2, 0) is 0 Å². The van der Waals surface area contributed by atoms with Gasteiger partial charge in [-0.05, 0) is 23.4 Å². The van der Waals surface area contributed by atoms with E-state index in [1.165, 1.54) is 5.56 Å². The van der Waals surface area contributed by atoms with E-state index in [9.17, 15) is 4.79 Å². The fraction of sp³-hybridized carbons (Fsp3) is 0.318. The van der Waals surface area contributed by atoms with Crippen molar-refractivity contribution in [3.63, 3.8) is 0 Å². The number of thioether (sulfide) groups is 1. The van der Waals surface area contributed by atoms with E-state index in [2.05, 4.69) is 48.2 Å². The molecule has 1 heterocycles. The topological polar surface area (TPSA) is 23.6 Å². The van der Waals surface area contributed by atoms with E-state index in [-0.39, 0.29) is 5.91 Å². The first-order chi connectivity index (χ1) is 12.8. The van der Waals surface area contributed by atoms with Crippen LogP contribution in [0.2, 0.25) is 0 Å². The van der Waals surface area contributed by atoms with Gasteiger partial charge in [0.15, 0.2) is 0 Å². The molecule has 0 N–H and O–H groups in total. The lowest BCUT2D eigenvalue weighted by Gasteiger charge is -2.34. The highest BCUT2D eigenvalue weighted by atomic mass is 32.2. The Morgan fingerprint density at radius 1 is 1.00 bits per heavy atom. The van der Waals surface area contributed by atoms with E-state index in [1.54, 1.807) is 11.8 Å².